The first-order chi connectivity index (χ1) is 18.5. The number of hydrogen-bond donors (Lipinski definition) is 2. The number of nitrogens with zero attached hydrogens (tertiary/aromatic N) is 3. The summed E-state index contributed by atoms with van der Waals surface area (Å²) in [5, 5.41) is 10.0. The summed E-state index contributed by atoms with van der Waals surface area (Å²) in [6.07, 6.45) is 3.16. The van der Waals surface area contributed by atoms with Crippen molar-refractivity contribution in [3.8, 4) is 11.1 Å². The first-order valence-electron chi connectivity index (χ1n) is 12.1. The Labute approximate surface area is 226 Å². The van der Waals surface area contributed by atoms with Crippen LogP contribution in [0.15, 0.2) is 76.7 Å². The van der Waals surface area contributed by atoms with Gasteiger partial charge < -0.3 is 11.1 Å². The summed E-state index contributed by atoms with van der Waals surface area (Å²) in [5.41, 5.74) is 7.41. The van der Waals surface area contributed by atoms with Gasteiger partial charge in [-0.2, -0.15) is 0 Å². The van der Waals surface area contributed by atoms with Gasteiger partial charge in [-0.05, 0) is 85.3 Å². The molecule has 8 nitrogen and oxygen atoms in total. The van der Waals surface area contributed by atoms with Crippen LogP contribution < -0.4 is 11.1 Å². The summed E-state index contributed by atoms with van der Waals surface area (Å²) >= 11 is 0. The normalized spacial score (nSPS) is 20.0. The maximum absolute atomic E-state index is 13.3. The van der Waals surface area contributed by atoms with Gasteiger partial charge in [0, 0.05) is 17.9 Å². The van der Waals surface area contributed by atoms with Gasteiger partial charge in [0.1, 0.15) is 4.90 Å². The molecule has 0 saturated heterocycles. The molecule has 1 saturated carbocycles. The summed E-state index contributed by atoms with van der Waals surface area (Å²) in [5.74, 6) is -0.761. The first-order valence-corrected chi connectivity index (χ1v) is 15.6. The molecule has 2 heterocycles. The fourth-order valence-electron chi connectivity index (χ4n) is 4.82. The summed E-state index contributed by atoms with van der Waals surface area (Å²) in [7, 11) is -13.4. The minimum atomic E-state index is -9.74. The smallest absolute Gasteiger partial charge is 0.310 e. The van der Waals surface area contributed by atoms with E-state index in [0.717, 1.165) is 12.1 Å². The van der Waals surface area contributed by atoms with Crippen LogP contribution in [0.3, 0.4) is 0 Å². The van der Waals surface area contributed by atoms with E-state index < -0.39 is 36.1 Å². The Balaban J connectivity index is 1.24. The van der Waals surface area contributed by atoms with Crippen molar-refractivity contribution in [1.82, 2.24) is 14.6 Å². The van der Waals surface area contributed by atoms with Crippen molar-refractivity contribution in [2.75, 3.05) is 5.32 Å². The van der Waals surface area contributed by atoms with Gasteiger partial charge in [-0.3, -0.25) is 9.20 Å². The SMILES string of the molecule is NC(=O)c1nnc2ccc(-c3ccc(S(=O)(=O)C4CCC(Nc5ccc(S(F)(F)(F)(F)F)cc5)CC4)cc3)cn12. The molecule has 3 N–H and O–H groups in total. The van der Waals surface area contributed by atoms with E-state index in [2.05, 4.69) is 15.5 Å². The number of nitrogens with one attached hydrogen (secondary N) is 1. The lowest BCUT2D eigenvalue weighted by molar-refractivity contribution is 0.0989. The largest absolute Gasteiger partial charge is 0.382 e. The summed E-state index contributed by atoms with van der Waals surface area (Å²) in [4.78, 5) is 9.77. The first kappa shape index (κ1) is 27.8. The number of primary amides is 1. The fourth-order valence-corrected chi connectivity index (χ4v) is 7.26. The molecule has 1 aliphatic rings. The molecule has 2 aromatic heterocycles. The van der Waals surface area contributed by atoms with Gasteiger partial charge in [0.05, 0.1) is 10.1 Å². The molecular formula is C25H24F5N5O3S2. The predicted molar refractivity (Wildman–Crippen MR) is 142 cm³/mol. The molecule has 0 bridgehead atoms. The second kappa shape index (κ2) is 8.89. The van der Waals surface area contributed by atoms with E-state index in [1.165, 1.54) is 16.5 Å². The summed E-state index contributed by atoms with van der Waals surface area (Å²) in [6.45, 7) is 0. The van der Waals surface area contributed by atoms with Crippen molar-refractivity contribution < 1.29 is 32.6 Å². The molecule has 214 valence electrons. The Morgan fingerprint density at radius 3 is 2.02 bits per heavy atom. The zero-order chi connectivity index (χ0) is 29.0. The third kappa shape index (κ3) is 5.61. The third-order valence-corrected chi connectivity index (χ3v) is 10.4. The molecule has 0 aliphatic heterocycles. The highest BCUT2D eigenvalue weighted by Crippen LogP contribution is 3.02. The number of benzene rings is 2. The van der Waals surface area contributed by atoms with Gasteiger partial charge in [-0.25, -0.2) is 8.42 Å². The van der Waals surface area contributed by atoms with Crippen molar-refractivity contribution in [2.45, 2.75) is 46.8 Å². The highest BCUT2D eigenvalue weighted by molar-refractivity contribution is 8.45. The maximum Gasteiger partial charge on any atom is 0.310 e. The Morgan fingerprint density at radius 2 is 1.45 bits per heavy atom. The van der Waals surface area contributed by atoms with Gasteiger partial charge in [-0.1, -0.05) is 31.6 Å². The molecule has 0 atom stereocenters. The topological polar surface area (TPSA) is 119 Å². The Bertz CT molecular complexity index is 1700. The van der Waals surface area contributed by atoms with Crippen LogP contribution in [0.5, 0.6) is 0 Å². The Hall–Kier alpha value is -3.72. The van der Waals surface area contributed by atoms with E-state index in [1.54, 1.807) is 30.5 Å². The van der Waals surface area contributed by atoms with Gasteiger partial charge in [0.2, 0.25) is 5.82 Å². The van der Waals surface area contributed by atoms with E-state index in [-0.39, 0.29) is 22.4 Å². The van der Waals surface area contributed by atoms with Crippen molar-refractivity contribution in [3.63, 3.8) is 0 Å². The predicted octanol–water partition coefficient (Wildman–Crippen LogP) is 6.35. The average Bonchev–Trinajstić information content (AvgIpc) is 3.32. The molecule has 15 heteroatoms. The molecule has 1 aliphatic carbocycles. The molecule has 0 spiro atoms. The molecule has 5 rings (SSSR count). The lowest BCUT2D eigenvalue weighted by atomic mass is 9.95. The number of sulfone groups is 1. The molecule has 1 amide bonds. The molecule has 4 aromatic rings. The molecule has 40 heavy (non-hydrogen) atoms. The Kier molecular flexibility index (Phi) is 6.19. The van der Waals surface area contributed by atoms with Crippen LogP contribution >= 0.6 is 10.2 Å². The van der Waals surface area contributed by atoms with Crippen molar-refractivity contribution >= 4 is 37.3 Å². The molecule has 0 unspecified atom stereocenters. The molecule has 2 aromatic carbocycles. The summed E-state index contributed by atoms with van der Waals surface area (Å²) < 4.78 is 92.7. The van der Waals surface area contributed by atoms with Gasteiger partial charge in [0.25, 0.3) is 5.91 Å². The van der Waals surface area contributed by atoms with Gasteiger partial charge in [0.15, 0.2) is 15.5 Å². The number of nitrogens with two attached hydrogens (primary N) is 1. The number of hydrogen-bond acceptors (Lipinski definition) is 6. The number of aromatic nitrogens is 3. The van der Waals surface area contributed by atoms with Crippen LogP contribution in [0.4, 0.5) is 25.1 Å². The Morgan fingerprint density at radius 1 is 0.850 bits per heavy atom. The minimum absolute atomic E-state index is 0.0258. The van der Waals surface area contributed by atoms with E-state index in [4.69, 9.17) is 5.73 Å². The number of halogens is 5. The third-order valence-electron chi connectivity index (χ3n) is 6.92. The standard InChI is InChI=1S/C25H24F5N5O3S2/c26-40(27,28,29,30)22-12-6-19(7-13-22)32-18-4-10-21(11-5-18)39(37,38)20-8-1-16(2-9-20)17-3-14-23-33-34-25(24(31)36)35(23)15-17/h1-3,6-9,12-15,18,21,32H,4-5,10-11H2,(H2,31,36). The highest BCUT2D eigenvalue weighted by atomic mass is 32.5. The van der Waals surface area contributed by atoms with Crippen molar-refractivity contribution in [3.05, 3.63) is 72.7 Å². The van der Waals surface area contributed by atoms with Crippen LogP contribution in [-0.4, -0.2) is 40.2 Å². The van der Waals surface area contributed by atoms with Crippen LogP contribution in [0.1, 0.15) is 36.3 Å². The summed E-state index contributed by atoms with van der Waals surface area (Å²) in [6, 6.07) is 12.2. The van der Waals surface area contributed by atoms with Crippen LogP contribution in [-0.2, 0) is 9.84 Å². The quantitative estimate of drug-likeness (QED) is 0.238. The van der Waals surface area contributed by atoms with Crippen LogP contribution in [0, 0.1) is 0 Å². The van der Waals surface area contributed by atoms with Crippen molar-refractivity contribution in [2.24, 2.45) is 5.73 Å². The van der Waals surface area contributed by atoms with Gasteiger partial charge in [-0.15, -0.1) is 10.2 Å². The van der Waals surface area contributed by atoms with E-state index in [9.17, 15) is 32.6 Å². The average molecular weight is 602 g/mol. The number of rotatable bonds is 7. The number of carbonyl (C=O) groups is 1. The number of amides is 1. The molecular weight excluding hydrogens is 577 g/mol. The second-order valence-electron chi connectivity index (χ2n) is 9.71. The second-order valence-corrected chi connectivity index (χ2v) is 14.4. The van der Waals surface area contributed by atoms with Gasteiger partial charge >= 0.3 is 10.2 Å². The molecule has 1 fully saturated rings. The van der Waals surface area contributed by atoms with Crippen LogP contribution in [0.25, 0.3) is 16.8 Å². The number of fused-ring (bicyclic) bond motifs is 1. The number of anilines is 1. The lowest BCUT2D eigenvalue weighted by Crippen LogP contribution is -2.32. The fraction of sp³-hybridized carbons (Fsp3) is 0.240. The maximum atomic E-state index is 13.3. The zero-order valence-corrected chi connectivity index (χ0v) is 22.3. The lowest BCUT2D eigenvalue weighted by Gasteiger charge is -2.40. The van der Waals surface area contributed by atoms with Crippen molar-refractivity contribution in [1.29, 1.82) is 0 Å². The van der Waals surface area contributed by atoms with E-state index in [0.29, 0.717) is 54.6 Å². The minimum Gasteiger partial charge on any atom is -0.382 e. The van der Waals surface area contributed by atoms with E-state index >= 15 is 0 Å². The number of carbonyl (C=O) groups excluding carboxylic acids is 1. The zero-order valence-electron chi connectivity index (χ0n) is 20.7. The molecule has 0 radical (unpaired) electrons. The van der Waals surface area contributed by atoms with E-state index in [1.807, 2.05) is 0 Å². The highest BCUT2D eigenvalue weighted by Gasteiger charge is 2.65. The monoisotopic (exact) mass is 601 g/mol. The van der Waals surface area contributed by atoms with Crippen LogP contribution in [0.2, 0.25) is 0 Å². The number of pyridine rings is 1.